The standard InChI is InChI=1S/C18H24N2O/c1-5-10-20-12-17(15-8-7-9-19-18(15)21)16(11-14(20)4)13(3)6-2/h5,7-14H,6H2,1-4H3,(H,19,21)/b10-5-. The fourth-order valence-corrected chi connectivity index (χ4v) is 2.61. The second-order valence-electron chi connectivity index (χ2n) is 5.52. The molecule has 0 saturated heterocycles. The molecule has 1 aliphatic rings. The molecule has 0 aliphatic carbocycles. The van der Waals surface area contributed by atoms with Gasteiger partial charge in [-0.25, -0.2) is 4.98 Å². The van der Waals surface area contributed by atoms with Crippen molar-refractivity contribution in [1.82, 2.24) is 9.88 Å². The predicted octanol–water partition coefficient (Wildman–Crippen LogP) is 4.34. The van der Waals surface area contributed by atoms with Crippen molar-refractivity contribution >= 4 is 5.57 Å². The molecule has 2 heterocycles. The van der Waals surface area contributed by atoms with E-state index in [1.165, 1.54) is 5.57 Å². The largest absolute Gasteiger partial charge is 0.493 e. The molecule has 0 aromatic carbocycles. The molecule has 1 aliphatic heterocycles. The minimum Gasteiger partial charge on any atom is -0.493 e. The summed E-state index contributed by atoms with van der Waals surface area (Å²) in [5.74, 6) is 0.541. The molecule has 0 amide bonds. The zero-order valence-electron chi connectivity index (χ0n) is 13.2. The third-order valence-corrected chi connectivity index (χ3v) is 4.02. The molecule has 0 spiro atoms. The van der Waals surface area contributed by atoms with Crippen LogP contribution < -0.4 is 0 Å². The van der Waals surface area contributed by atoms with Crippen molar-refractivity contribution in [3.63, 3.8) is 0 Å². The van der Waals surface area contributed by atoms with Gasteiger partial charge in [0.05, 0.1) is 0 Å². The first-order valence-corrected chi connectivity index (χ1v) is 7.57. The Balaban J connectivity index is 2.52. The molecule has 3 nitrogen and oxygen atoms in total. The average Bonchev–Trinajstić information content (AvgIpc) is 2.49. The second kappa shape index (κ2) is 6.61. The first kappa shape index (κ1) is 15.4. The summed E-state index contributed by atoms with van der Waals surface area (Å²) in [7, 11) is 0. The fourth-order valence-electron chi connectivity index (χ4n) is 2.61. The fraction of sp³-hybridized carbons (Fsp3) is 0.389. The maximum Gasteiger partial charge on any atom is 0.218 e. The van der Waals surface area contributed by atoms with Crippen molar-refractivity contribution in [2.75, 3.05) is 0 Å². The lowest BCUT2D eigenvalue weighted by molar-refractivity contribution is 0.437. The van der Waals surface area contributed by atoms with Crippen LogP contribution >= 0.6 is 0 Å². The minimum absolute atomic E-state index is 0.0907. The SMILES string of the molecule is C/C=C\N1C=C(c2cccnc2O)C(C(C)CC)=CC1C. The Morgan fingerprint density at radius 1 is 1.48 bits per heavy atom. The van der Waals surface area contributed by atoms with Crippen molar-refractivity contribution in [3.8, 4) is 5.88 Å². The van der Waals surface area contributed by atoms with Crippen LogP contribution in [0.4, 0.5) is 0 Å². The monoisotopic (exact) mass is 284 g/mol. The Bertz CT molecular complexity index is 587. The Kier molecular flexibility index (Phi) is 4.84. The Labute approximate surface area is 127 Å². The molecule has 0 bridgehead atoms. The Hall–Kier alpha value is -2.03. The average molecular weight is 284 g/mol. The third kappa shape index (κ3) is 3.18. The minimum atomic E-state index is 0.0907. The van der Waals surface area contributed by atoms with Gasteiger partial charge in [0.2, 0.25) is 5.88 Å². The summed E-state index contributed by atoms with van der Waals surface area (Å²) in [6.45, 7) is 8.61. The zero-order chi connectivity index (χ0) is 15.4. The van der Waals surface area contributed by atoms with Gasteiger partial charge in [0.1, 0.15) is 0 Å². The number of hydrogen-bond acceptors (Lipinski definition) is 3. The van der Waals surface area contributed by atoms with Crippen LogP contribution in [0.15, 0.2) is 48.5 Å². The molecule has 0 saturated carbocycles. The van der Waals surface area contributed by atoms with Crippen LogP contribution in [0.2, 0.25) is 0 Å². The van der Waals surface area contributed by atoms with E-state index in [0.717, 1.165) is 17.6 Å². The lowest BCUT2D eigenvalue weighted by Gasteiger charge is -2.32. The first-order valence-electron chi connectivity index (χ1n) is 7.57. The van der Waals surface area contributed by atoms with Crippen LogP contribution in [0.25, 0.3) is 5.57 Å². The smallest absolute Gasteiger partial charge is 0.218 e. The van der Waals surface area contributed by atoms with Crippen LogP contribution in [0.1, 0.15) is 39.7 Å². The van der Waals surface area contributed by atoms with E-state index >= 15 is 0 Å². The van der Waals surface area contributed by atoms with Crippen molar-refractivity contribution in [1.29, 1.82) is 0 Å². The van der Waals surface area contributed by atoms with Crippen molar-refractivity contribution in [3.05, 3.63) is 54.0 Å². The van der Waals surface area contributed by atoms with Gasteiger partial charge in [-0.3, -0.25) is 0 Å². The van der Waals surface area contributed by atoms with Gasteiger partial charge in [0, 0.05) is 29.6 Å². The Morgan fingerprint density at radius 2 is 2.24 bits per heavy atom. The van der Waals surface area contributed by atoms with E-state index in [-0.39, 0.29) is 5.88 Å². The Morgan fingerprint density at radius 3 is 2.86 bits per heavy atom. The van der Waals surface area contributed by atoms with E-state index in [1.54, 1.807) is 6.20 Å². The number of aromatic hydroxyl groups is 1. The van der Waals surface area contributed by atoms with Crippen molar-refractivity contribution in [2.24, 2.45) is 5.92 Å². The van der Waals surface area contributed by atoms with E-state index in [9.17, 15) is 5.11 Å². The summed E-state index contributed by atoms with van der Waals surface area (Å²) in [6.07, 6.45) is 11.2. The maximum absolute atomic E-state index is 10.1. The van der Waals surface area contributed by atoms with Crippen LogP contribution in [-0.2, 0) is 0 Å². The molecule has 2 rings (SSSR count). The van der Waals surface area contributed by atoms with Gasteiger partial charge in [-0.1, -0.05) is 26.0 Å². The lowest BCUT2D eigenvalue weighted by atomic mass is 9.85. The van der Waals surface area contributed by atoms with Gasteiger partial charge in [0.25, 0.3) is 0 Å². The molecular formula is C18H24N2O. The van der Waals surface area contributed by atoms with E-state index in [4.69, 9.17) is 0 Å². The highest BCUT2D eigenvalue weighted by Gasteiger charge is 2.23. The summed E-state index contributed by atoms with van der Waals surface area (Å²) in [5.41, 5.74) is 3.14. The van der Waals surface area contributed by atoms with E-state index < -0.39 is 0 Å². The third-order valence-electron chi connectivity index (χ3n) is 4.02. The van der Waals surface area contributed by atoms with Gasteiger partial charge in [-0.05, 0) is 50.1 Å². The summed E-state index contributed by atoms with van der Waals surface area (Å²) in [5, 5.41) is 10.1. The highest BCUT2D eigenvalue weighted by Crippen LogP contribution is 2.37. The number of pyridine rings is 1. The van der Waals surface area contributed by atoms with Gasteiger partial charge >= 0.3 is 0 Å². The second-order valence-corrected chi connectivity index (χ2v) is 5.52. The maximum atomic E-state index is 10.1. The quantitative estimate of drug-likeness (QED) is 0.893. The van der Waals surface area contributed by atoms with Crippen LogP contribution in [0.3, 0.4) is 0 Å². The molecule has 1 N–H and O–H groups in total. The van der Waals surface area contributed by atoms with E-state index in [1.807, 2.05) is 25.1 Å². The number of nitrogens with zero attached hydrogens (tertiary/aromatic N) is 2. The van der Waals surface area contributed by atoms with Gasteiger partial charge in [0.15, 0.2) is 0 Å². The number of hydrogen-bond donors (Lipinski definition) is 1. The molecule has 21 heavy (non-hydrogen) atoms. The van der Waals surface area contributed by atoms with E-state index in [0.29, 0.717) is 12.0 Å². The van der Waals surface area contributed by atoms with Gasteiger partial charge < -0.3 is 10.0 Å². The predicted molar refractivity (Wildman–Crippen MR) is 87.5 cm³/mol. The molecule has 0 fully saturated rings. The molecule has 2 atom stereocenters. The summed E-state index contributed by atoms with van der Waals surface area (Å²) in [4.78, 5) is 6.18. The molecule has 0 radical (unpaired) electrons. The van der Waals surface area contributed by atoms with Crippen LogP contribution in [0.5, 0.6) is 5.88 Å². The van der Waals surface area contributed by atoms with Gasteiger partial charge in [-0.2, -0.15) is 0 Å². The van der Waals surface area contributed by atoms with E-state index in [2.05, 4.69) is 49.1 Å². The lowest BCUT2D eigenvalue weighted by Crippen LogP contribution is -2.26. The summed E-state index contributed by atoms with van der Waals surface area (Å²) >= 11 is 0. The van der Waals surface area contributed by atoms with Gasteiger partial charge in [-0.15, -0.1) is 0 Å². The molecule has 1 aromatic rings. The van der Waals surface area contributed by atoms with Crippen molar-refractivity contribution in [2.45, 2.75) is 40.2 Å². The van der Waals surface area contributed by atoms with Crippen LogP contribution in [-0.4, -0.2) is 21.0 Å². The van der Waals surface area contributed by atoms with Crippen molar-refractivity contribution < 1.29 is 5.11 Å². The highest BCUT2D eigenvalue weighted by molar-refractivity contribution is 5.82. The molecule has 3 heteroatoms. The summed E-state index contributed by atoms with van der Waals surface area (Å²) < 4.78 is 0. The normalized spacial score (nSPS) is 20.4. The number of rotatable bonds is 4. The molecule has 112 valence electrons. The zero-order valence-corrected chi connectivity index (χ0v) is 13.2. The first-order chi connectivity index (χ1) is 10.1. The molecule has 1 aromatic heterocycles. The number of allylic oxidation sites excluding steroid dienone is 3. The highest BCUT2D eigenvalue weighted by atomic mass is 16.3. The molecular weight excluding hydrogens is 260 g/mol. The van der Waals surface area contributed by atoms with Crippen LogP contribution in [0, 0.1) is 5.92 Å². The summed E-state index contributed by atoms with van der Waals surface area (Å²) in [6, 6.07) is 4.10. The molecule has 2 unspecified atom stereocenters. The topological polar surface area (TPSA) is 36.4 Å². The number of aromatic nitrogens is 1.